The van der Waals surface area contributed by atoms with Crippen LogP contribution in [0.1, 0.15) is 18.4 Å². The van der Waals surface area contributed by atoms with E-state index < -0.39 is 5.91 Å². The Kier molecular flexibility index (Phi) is 6.35. The summed E-state index contributed by atoms with van der Waals surface area (Å²) >= 11 is 6.63. The molecule has 2 aliphatic rings. The number of benzene rings is 1. The molecule has 27 heavy (non-hydrogen) atoms. The molecule has 1 atom stereocenters. The Morgan fingerprint density at radius 3 is 2.96 bits per heavy atom. The lowest BCUT2D eigenvalue weighted by Crippen LogP contribution is -2.35. The van der Waals surface area contributed by atoms with Crippen LogP contribution in [0.15, 0.2) is 23.1 Å². The third kappa shape index (κ3) is 4.79. The van der Waals surface area contributed by atoms with Crippen molar-refractivity contribution in [2.24, 2.45) is 5.73 Å². The summed E-state index contributed by atoms with van der Waals surface area (Å²) in [4.78, 5) is 25.7. The summed E-state index contributed by atoms with van der Waals surface area (Å²) in [5.74, 6) is 0.156. The van der Waals surface area contributed by atoms with Crippen molar-refractivity contribution in [3.63, 3.8) is 0 Å². The molecule has 1 aromatic carbocycles. The van der Waals surface area contributed by atoms with E-state index in [4.69, 9.17) is 32.2 Å². The first kappa shape index (κ1) is 19.7. The van der Waals surface area contributed by atoms with Crippen molar-refractivity contribution >= 4 is 46.2 Å². The predicted octanol–water partition coefficient (Wildman–Crippen LogP) is 1.94. The van der Waals surface area contributed by atoms with Gasteiger partial charge in [-0.2, -0.15) is 0 Å². The molecule has 0 aliphatic carbocycles. The van der Waals surface area contributed by atoms with Gasteiger partial charge in [-0.1, -0.05) is 30.0 Å². The topological polar surface area (TPSA) is 91.1 Å². The van der Waals surface area contributed by atoms with Crippen LogP contribution in [0.4, 0.5) is 0 Å². The van der Waals surface area contributed by atoms with Crippen molar-refractivity contribution in [1.82, 2.24) is 4.90 Å². The maximum absolute atomic E-state index is 12.7. The molecule has 1 aromatic rings. The number of nitrogens with two attached hydrogens (primary N) is 1. The second-order valence-electron chi connectivity index (χ2n) is 6.09. The minimum absolute atomic E-state index is 0.0497. The first-order chi connectivity index (χ1) is 13.0. The van der Waals surface area contributed by atoms with Crippen LogP contribution in [-0.4, -0.2) is 54.0 Å². The zero-order valence-corrected chi connectivity index (χ0v) is 16.4. The van der Waals surface area contributed by atoms with Gasteiger partial charge < -0.3 is 19.9 Å². The van der Waals surface area contributed by atoms with Gasteiger partial charge in [0.2, 0.25) is 0 Å². The van der Waals surface area contributed by atoms with E-state index in [9.17, 15) is 9.59 Å². The quantitative estimate of drug-likeness (QED) is 0.545. The van der Waals surface area contributed by atoms with Crippen LogP contribution < -0.4 is 15.2 Å². The van der Waals surface area contributed by atoms with Crippen LogP contribution in [0.2, 0.25) is 0 Å². The van der Waals surface area contributed by atoms with E-state index in [0.717, 1.165) is 25.0 Å². The molecule has 2 fully saturated rings. The Morgan fingerprint density at radius 1 is 1.48 bits per heavy atom. The Bertz CT molecular complexity index is 790. The number of rotatable bonds is 7. The molecule has 2 saturated heterocycles. The molecule has 7 nitrogen and oxygen atoms in total. The lowest BCUT2D eigenvalue weighted by atomic mass is 10.1. The molecular weight excluding hydrogens is 388 g/mol. The van der Waals surface area contributed by atoms with Gasteiger partial charge in [0, 0.05) is 6.61 Å². The number of hydrogen-bond acceptors (Lipinski definition) is 7. The third-order valence-corrected chi connectivity index (χ3v) is 5.52. The van der Waals surface area contributed by atoms with Gasteiger partial charge >= 0.3 is 0 Å². The monoisotopic (exact) mass is 408 g/mol. The van der Waals surface area contributed by atoms with E-state index in [0.29, 0.717) is 27.3 Å². The van der Waals surface area contributed by atoms with Gasteiger partial charge in [-0.25, -0.2) is 0 Å². The summed E-state index contributed by atoms with van der Waals surface area (Å²) in [7, 11) is 1.50. The molecule has 0 bridgehead atoms. The molecular formula is C18H20N2O5S2. The third-order valence-electron chi connectivity index (χ3n) is 4.14. The summed E-state index contributed by atoms with van der Waals surface area (Å²) in [6, 6.07) is 5.16. The van der Waals surface area contributed by atoms with Crippen molar-refractivity contribution in [1.29, 1.82) is 0 Å². The number of amides is 2. The van der Waals surface area contributed by atoms with Gasteiger partial charge in [-0.05, 0) is 36.6 Å². The van der Waals surface area contributed by atoms with E-state index in [1.165, 1.54) is 18.9 Å². The summed E-state index contributed by atoms with van der Waals surface area (Å²) in [6.45, 7) is 0.988. The van der Waals surface area contributed by atoms with Gasteiger partial charge in [0.05, 0.1) is 24.7 Å². The predicted molar refractivity (Wildman–Crippen MR) is 107 cm³/mol. The molecule has 2 heterocycles. The van der Waals surface area contributed by atoms with Crippen molar-refractivity contribution in [2.45, 2.75) is 18.9 Å². The maximum atomic E-state index is 12.7. The fourth-order valence-electron chi connectivity index (χ4n) is 2.84. The van der Waals surface area contributed by atoms with Crippen molar-refractivity contribution < 1.29 is 23.8 Å². The van der Waals surface area contributed by atoms with Crippen LogP contribution in [0, 0.1) is 0 Å². The number of thiocarbonyl (C=S) groups is 1. The molecule has 2 aliphatic heterocycles. The van der Waals surface area contributed by atoms with Crippen molar-refractivity contribution in [3.05, 3.63) is 28.7 Å². The van der Waals surface area contributed by atoms with Crippen molar-refractivity contribution in [3.8, 4) is 11.5 Å². The number of carbonyl (C=O) groups excluding carboxylic acids is 2. The number of thioether (sulfide) groups is 1. The number of methoxy groups -OCH3 is 1. The first-order valence-corrected chi connectivity index (χ1v) is 9.66. The van der Waals surface area contributed by atoms with Gasteiger partial charge in [-0.3, -0.25) is 14.5 Å². The molecule has 0 aromatic heterocycles. The molecule has 2 N–H and O–H groups in total. The number of nitrogens with zero attached hydrogens (tertiary/aromatic N) is 1. The molecule has 144 valence electrons. The SMILES string of the molecule is COc1cc(/C=C2\SC(=S)N(CC3CCCO3)C2=O)ccc1OCC(N)=O. The van der Waals surface area contributed by atoms with Crippen LogP contribution in [0.3, 0.4) is 0 Å². The Balaban J connectivity index is 1.74. The summed E-state index contributed by atoms with van der Waals surface area (Å²) in [5, 5.41) is 0. The minimum Gasteiger partial charge on any atom is -0.493 e. The standard InChI is InChI=1S/C18H20N2O5S2/c1-23-14-7-11(4-5-13(14)25-10-16(19)21)8-15-17(22)20(18(26)27-15)9-12-3-2-6-24-12/h4-5,7-8,12H,2-3,6,9-10H2,1H3,(H2,19,21)/b15-8-. The lowest BCUT2D eigenvalue weighted by molar-refractivity contribution is -0.123. The Labute approximate surface area is 166 Å². The molecule has 0 saturated carbocycles. The molecule has 1 unspecified atom stereocenters. The van der Waals surface area contributed by atoms with E-state index in [-0.39, 0.29) is 18.6 Å². The van der Waals surface area contributed by atoms with Gasteiger partial charge in [-0.15, -0.1) is 0 Å². The summed E-state index contributed by atoms with van der Waals surface area (Å²) in [6.07, 6.45) is 3.77. The first-order valence-electron chi connectivity index (χ1n) is 8.44. The fraction of sp³-hybridized carbons (Fsp3) is 0.389. The van der Waals surface area contributed by atoms with Crippen molar-refractivity contribution in [2.75, 3.05) is 26.9 Å². The van der Waals surface area contributed by atoms with E-state index in [1.54, 1.807) is 29.2 Å². The smallest absolute Gasteiger partial charge is 0.266 e. The van der Waals surface area contributed by atoms with Gasteiger partial charge in [0.1, 0.15) is 4.32 Å². The average molecular weight is 409 g/mol. The summed E-state index contributed by atoms with van der Waals surface area (Å²) in [5.41, 5.74) is 5.85. The van der Waals surface area contributed by atoms with E-state index >= 15 is 0 Å². The Morgan fingerprint density at radius 2 is 2.30 bits per heavy atom. The molecule has 9 heteroatoms. The fourth-order valence-corrected chi connectivity index (χ4v) is 4.12. The van der Waals surface area contributed by atoms with Crippen LogP contribution >= 0.6 is 24.0 Å². The lowest BCUT2D eigenvalue weighted by Gasteiger charge is -2.18. The largest absolute Gasteiger partial charge is 0.493 e. The Hall–Kier alpha value is -2.10. The minimum atomic E-state index is -0.573. The van der Waals surface area contributed by atoms with Crippen LogP contribution in [-0.2, 0) is 14.3 Å². The maximum Gasteiger partial charge on any atom is 0.266 e. The summed E-state index contributed by atoms with van der Waals surface area (Å²) < 4.78 is 16.7. The van der Waals surface area contributed by atoms with Crippen LogP contribution in [0.5, 0.6) is 11.5 Å². The molecule has 0 spiro atoms. The zero-order valence-electron chi connectivity index (χ0n) is 14.8. The highest BCUT2D eigenvalue weighted by Crippen LogP contribution is 2.35. The molecule has 3 rings (SSSR count). The highest BCUT2D eigenvalue weighted by molar-refractivity contribution is 8.26. The highest BCUT2D eigenvalue weighted by Gasteiger charge is 2.34. The number of primary amides is 1. The zero-order chi connectivity index (χ0) is 19.4. The molecule has 2 amide bonds. The van der Waals surface area contributed by atoms with Crippen LogP contribution in [0.25, 0.3) is 6.08 Å². The van der Waals surface area contributed by atoms with E-state index in [1.807, 2.05) is 0 Å². The normalized spacial score (nSPS) is 21.1. The number of ether oxygens (including phenoxy) is 3. The number of hydrogen-bond donors (Lipinski definition) is 1. The average Bonchev–Trinajstić information content (AvgIpc) is 3.24. The van der Waals surface area contributed by atoms with Gasteiger partial charge in [0.15, 0.2) is 18.1 Å². The van der Waals surface area contributed by atoms with E-state index in [2.05, 4.69) is 0 Å². The second kappa shape index (κ2) is 8.73. The highest BCUT2D eigenvalue weighted by atomic mass is 32.2. The molecule has 0 radical (unpaired) electrons. The van der Waals surface area contributed by atoms with Gasteiger partial charge in [0.25, 0.3) is 11.8 Å². The number of carbonyl (C=O) groups is 2. The second-order valence-corrected chi connectivity index (χ2v) is 7.77.